The number of hydrogen-bond donors (Lipinski definition) is 0. The van der Waals surface area contributed by atoms with Crippen molar-refractivity contribution in [3.63, 3.8) is 0 Å². The third-order valence-corrected chi connectivity index (χ3v) is 3.81. The third-order valence-electron chi connectivity index (χ3n) is 3.81. The van der Waals surface area contributed by atoms with Gasteiger partial charge in [0.2, 0.25) is 0 Å². The second kappa shape index (κ2) is 4.91. The zero-order chi connectivity index (χ0) is 12.3. The Balaban J connectivity index is 2.10. The lowest BCUT2D eigenvalue weighted by molar-refractivity contribution is -0.130. The highest BCUT2D eigenvalue weighted by Gasteiger charge is 2.34. The van der Waals surface area contributed by atoms with Crippen molar-refractivity contribution < 1.29 is 9.53 Å². The van der Waals surface area contributed by atoms with Gasteiger partial charge in [-0.1, -0.05) is 25.5 Å². The van der Waals surface area contributed by atoms with E-state index in [9.17, 15) is 4.79 Å². The Bertz CT molecular complexity index is 394. The lowest BCUT2D eigenvalue weighted by atomic mass is 9.71. The first-order chi connectivity index (χ1) is 8.14. The molecule has 0 aromatic heterocycles. The fourth-order valence-corrected chi connectivity index (χ4v) is 2.62. The fraction of sp³-hybridized carbons (Fsp3) is 0.533. The minimum absolute atomic E-state index is 0.146. The van der Waals surface area contributed by atoms with E-state index < -0.39 is 0 Å². The summed E-state index contributed by atoms with van der Waals surface area (Å²) in [7, 11) is 1.67. The fourth-order valence-electron chi connectivity index (χ4n) is 2.62. The molecule has 0 amide bonds. The van der Waals surface area contributed by atoms with Gasteiger partial charge in [0.05, 0.1) is 7.11 Å². The van der Waals surface area contributed by atoms with Crippen LogP contribution in [0.25, 0.3) is 0 Å². The van der Waals surface area contributed by atoms with Gasteiger partial charge in [0.15, 0.2) is 0 Å². The normalized spacial score (nSPS) is 24.7. The van der Waals surface area contributed by atoms with Gasteiger partial charge < -0.3 is 4.74 Å². The summed E-state index contributed by atoms with van der Waals surface area (Å²) in [6.07, 6.45) is 4.88. The number of carbonyl (C=O) groups is 1. The van der Waals surface area contributed by atoms with E-state index in [1.165, 1.54) is 12.0 Å². The molecule has 0 N–H and O–H groups in total. The number of Topliss-reactive ketones (excluding diaryl/α,β-unsaturated/α-hetero) is 1. The van der Waals surface area contributed by atoms with Crippen LogP contribution in [0.4, 0.5) is 0 Å². The minimum Gasteiger partial charge on any atom is -0.497 e. The first-order valence-corrected chi connectivity index (χ1v) is 6.30. The van der Waals surface area contributed by atoms with Crippen LogP contribution in [0.3, 0.4) is 0 Å². The molecular weight excluding hydrogens is 212 g/mol. The molecular formula is C15H20O2. The van der Waals surface area contributed by atoms with Crippen molar-refractivity contribution in [1.82, 2.24) is 0 Å². The molecule has 0 aliphatic heterocycles. The molecule has 17 heavy (non-hydrogen) atoms. The molecule has 1 aromatic carbocycles. The van der Waals surface area contributed by atoms with Crippen molar-refractivity contribution in [2.45, 2.75) is 39.0 Å². The average molecular weight is 232 g/mol. The topological polar surface area (TPSA) is 26.3 Å². The van der Waals surface area contributed by atoms with Gasteiger partial charge in [-0.2, -0.15) is 0 Å². The van der Waals surface area contributed by atoms with E-state index in [0.29, 0.717) is 5.78 Å². The molecule has 1 fully saturated rings. The molecule has 0 radical (unpaired) electrons. The molecule has 1 atom stereocenters. The molecule has 1 unspecified atom stereocenters. The van der Waals surface area contributed by atoms with Gasteiger partial charge in [-0.05, 0) is 37.0 Å². The Hall–Kier alpha value is -1.31. The molecule has 0 spiro atoms. The maximum absolute atomic E-state index is 12.0. The van der Waals surface area contributed by atoms with Crippen LogP contribution in [0.5, 0.6) is 5.75 Å². The summed E-state index contributed by atoms with van der Waals surface area (Å²) in [5.41, 5.74) is 1.08. The number of ether oxygens (including phenoxy) is 1. The number of benzene rings is 1. The summed E-state index contributed by atoms with van der Waals surface area (Å²) in [4.78, 5) is 12.0. The van der Waals surface area contributed by atoms with E-state index in [2.05, 4.69) is 19.1 Å². The SMILES string of the molecule is COc1ccc(CC2(C)CCCCC2=O)cc1. The van der Waals surface area contributed by atoms with E-state index in [4.69, 9.17) is 4.74 Å². The predicted octanol–water partition coefficient (Wildman–Crippen LogP) is 3.39. The van der Waals surface area contributed by atoms with Gasteiger partial charge in [0.25, 0.3) is 0 Å². The lowest BCUT2D eigenvalue weighted by Gasteiger charge is -2.32. The minimum atomic E-state index is -0.146. The molecule has 2 nitrogen and oxygen atoms in total. The highest BCUT2D eigenvalue weighted by atomic mass is 16.5. The third kappa shape index (κ3) is 2.68. The van der Waals surface area contributed by atoms with Gasteiger partial charge >= 0.3 is 0 Å². The monoisotopic (exact) mass is 232 g/mol. The summed E-state index contributed by atoms with van der Waals surface area (Å²) in [5, 5.41) is 0. The van der Waals surface area contributed by atoms with Gasteiger partial charge in [-0.3, -0.25) is 4.79 Å². The van der Waals surface area contributed by atoms with Crippen LogP contribution in [-0.4, -0.2) is 12.9 Å². The number of rotatable bonds is 3. The van der Waals surface area contributed by atoms with Gasteiger partial charge in [-0.25, -0.2) is 0 Å². The molecule has 2 rings (SSSR count). The Morgan fingerprint density at radius 3 is 2.53 bits per heavy atom. The van der Waals surface area contributed by atoms with E-state index in [0.717, 1.165) is 31.4 Å². The lowest BCUT2D eigenvalue weighted by Crippen LogP contribution is -2.33. The van der Waals surface area contributed by atoms with E-state index in [1.54, 1.807) is 7.11 Å². The summed E-state index contributed by atoms with van der Waals surface area (Å²) >= 11 is 0. The van der Waals surface area contributed by atoms with Crippen molar-refractivity contribution >= 4 is 5.78 Å². The van der Waals surface area contributed by atoms with E-state index in [1.807, 2.05) is 12.1 Å². The summed E-state index contributed by atoms with van der Waals surface area (Å²) in [5.74, 6) is 1.30. The van der Waals surface area contributed by atoms with E-state index in [-0.39, 0.29) is 5.41 Å². The molecule has 1 aliphatic carbocycles. The van der Waals surface area contributed by atoms with Crippen LogP contribution in [-0.2, 0) is 11.2 Å². The molecule has 92 valence electrons. The van der Waals surface area contributed by atoms with Crippen LogP contribution >= 0.6 is 0 Å². The van der Waals surface area contributed by atoms with Gasteiger partial charge in [-0.15, -0.1) is 0 Å². The van der Waals surface area contributed by atoms with Crippen LogP contribution in [0, 0.1) is 5.41 Å². The van der Waals surface area contributed by atoms with Gasteiger partial charge in [0, 0.05) is 11.8 Å². The largest absolute Gasteiger partial charge is 0.497 e. The number of carbonyl (C=O) groups excluding carboxylic acids is 1. The highest BCUT2D eigenvalue weighted by Crippen LogP contribution is 2.36. The van der Waals surface area contributed by atoms with Crippen molar-refractivity contribution in [3.05, 3.63) is 29.8 Å². The van der Waals surface area contributed by atoms with Crippen LogP contribution < -0.4 is 4.74 Å². The Labute approximate surface area is 103 Å². The molecule has 0 saturated heterocycles. The van der Waals surface area contributed by atoms with Crippen LogP contribution in [0.2, 0.25) is 0 Å². The van der Waals surface area contributed by atoms with Crippen LogP contribution in [0.15, 0.2) is 24.3 Å². The number of ketones is 1. The van der Waals surface area contributed by atoms with Crippen molar-refractivity contribution in [2.75, 3.05) is 7.11 Å². The molecule has 0 bridgehead atoms. The zero-order valence-corrected chi connectivity index (χ0v) is 10.7. The van der Waals surface area contributed by atoms with Crippen molar-refractivity contribution in [2.24, 2.45) is 5.41 Å². The molecule has 0 heterocycles. The first-order valence-electron chi connectivity index (χ1n) is 6.30. The molecule has 1 aliphatic rings. The standard InChI is InChI=1S/C15H20O2/c1-15(10-4-3-5-14(15)16)11-12-6-8-13(17-2)9-7-12/h6-9H,3-5,10-11H2,1-2H3. The summed E-state index contributed by atoms with van der Waals surface area (Å²) < 4.78 is 5.14. The Morgan fingerprint density at radius 1 is 1.24 bits per heavy atom. The number of hydrogen-bond acceptors (Lipinski definition) is 2. The Kier molecular flexibility index (Phi) is 3.51. The molecule has 2 heteroatoms. The maximum atomic E-state index is 12.0. The quantitative estimate of drug-likeness (QED) is 0.798. The van der Waals surface area contributed by atoms with Crippen LogP contribution in [0.1, 0.15) is 38.2 Å². The van der Waals surface area contributed by atoms with Crippen molar-refractivity contribution in [1.29, 1.82) is 0 Å². The second-order valence-corrected chi connectivity index (χ2v) is 5.22. The molecule has 1 saturated carbocycles. The number of methoxy groups -OCH3 is 1. The van der Waals surface area contributed by atoms with E-state index >= 15 is 0 Å². The first kappa shape index (κ1) is 12.2. The molecule has 1 aromatic rings. The zero-order valence-electron chi connectivity index (χ0n) is 10.7. The van der Waals surface area contributed by atoms with Crippen molar-refractivity contribution in [3.8, 4) is 5.75 Å². The smallest absolute Gasteiger partial charge is 0.139 e. The second-order valence-electron chi connectivity index (χ2n) is 5.22. The average Bonchev–Trinajstić information content (AvgIpc) is 2.34. The predicted molar refractivity (Wildman–Crippen MR) is 68.3 cm³/mol. The maximum Gasteiger partial charge on any atom is 0.139 e. The highest BCUT2D eigenvalue weighted by molar-refractivity contribution is 5.85. The summed E-state index contributed by atoms with van der Waals surface area (Å²) in [6, 6.07) is 8.05. The summed E-state index contributed by atoms with van der Waals surface area (Å²) in [6.45, 7) is 2.11. The Morgan fingerprint density at radius 2 is 1.94 bits per heavy atom. The van der Waals surface area contributed by atoms with Gasteiger partial charge in [0.1, 0.15) is 11.5 Å².